The molecule has 0 spiro atoms. The molecule has 0 saturated carbocycles. The van der Waals surface area contributed by atoms with Crippen molar-refractivity contribution in [3.05, 3.63) is 29.8 Å². The van der Waals surface area contributed by atoms with Crippen molar-refractivity contribution in [3.63, 3.8) is 0 Å². The van der Waals surface area contributed by atoms with Gasteiger partial charge in [0, 0.05) is 0 Å². The number of rotatable bonds is 2. The Morgan fingerprint density at radius 3 is 2.31 bits per heavy atom. The molecule has 3 heteroatoms. The van der Waals surface area contributed by atoms with Crippen LogP contribution in [0.15, 0.2) is 24.3 Å². The van der Waals surface area contributed by atoms with E-state index < -0.39 is 5.54 Å². The number of nitriles is 1. The summed E-state index contributed by atoms with van der Waals surface area (Å²) in [7, 11) is 1.60. The van der Waals surface area contributed by atoms with Gasteiger partial charge in [-0.3, -0.25) is 0 Å². The Bertz CT molecular complexity index is 322. The Balaban J connectivity index is 3.00. The van der Waals surface area contributed by atoms with Gasteiger partial charge in [-0.1, -0.05) is 12.1 Å². The summed E-state index contributed by atoms with van der Waals surface area (Å²) in [5, 5.41) is 8.77. The lowest BCUT2D eigenvalue weighted by Crippen LogP contribution is -2.30. The maximum Gasteiger partial charge on any atom is 0.126 e. The van der Waals surface area contributed by atoms with E-state index in [4.69, 9.17) is 15.7 Å². The van der Waals surface area contributed by atoms with Crippen LogP contribution >= 0.6 is 0 Å². The average molecular weight is 176 g/mol. The number of nitrogens with two attached hydrogens (primary N) is 1. The van der Waals surface area contributed by atoms with E-state index in [-0.39, 0.29) is 0 Å². The molecule has 0 aromatic heterocycles. The minimum Gasteiger partial charge on any atom is -0.497 e. The quantitative estimate of drug-likeness (QED) is 0.740. The van der Waals surface area contributed by atoms with Crippen LogP contribution in [0.4, 0.5) is 0 Å². The molecule has 0 aliphatic carbocycles. The van der Waals surface area contributed by atoms with Crippen molar-refractivity contribution in [3.8, 4) is 11.8 Å². The SMILES string of the molecule is COc1ccc([C@@](C)(N)C#N)cc1. The van der Waals surface area contributed by atoms with Gasteiger partial charge < -0.3 is 10.5 Å². The third-order valence-electron chi connectivity index (χ3n) is 1.92. The molecule has 0 aliphatic rings. The van der Waals surface area contributed by atoms with E-state index in [0.29, 0.717) is 0 Å². The Morgan fingerprint density at radius 1 is 1.38 bits per heavy atom. The van der Waals surface area contributed by atoms with Crippen LogP contribution in [-0.4, -0.2) is 7.11 Å². The lowest BCUT2D eigenvalue weighted by Gasteiger charge is -2.15. The highest BCUT2D eigenvalue weighted by Gasteiger charge is 2.19. The summed E-state index contributed by atoms with van der Waals surface area (Å²) in [5.74, 6) is 0.762. The summed E-state index contributed by atoms with van der Waals surface area (Å²) in [6.07, 6.45) is 0. The van der Waals surface area contributed by atoms with Gasteiger partial charge in [0.1, 0.15) is 11.3 Å². The van der Waals surface area contributed by atoms with Gasteiger partial charge in [-0.2, -0.15) is 5.26 Å². The van der Waals surface area contributed by atoms with E-state index in [1.165, 1.54) is 0 Å². The second-order valence-corrected chi connectivity index (χ2v) is 3.04. The minimum atomic E-state index is -0.924. The molecular weight excluding hydrogens is 164 g/mol. The topological polar surface area (TPSA) is 59.0 Å². The highest BCUT2D eigenvalue weighted by atomic mass is 16.5. The predicted molar refractivity (Wildman–Crippen MR) is 50.1 cm³/mol. The minimum absolute atomic E-state index is 0.762. The summed E-state index contributed by atoms with van der Waals surface area (Å²) in [6, 6.07) is 9.20. The molecule has 1 aromatic rings. The molecule has 0 radical (unpaired) electrons. The summed E-state index contributed by atoms with van der Waals surface area (Å²) in [6.45, 7) is 1.68. The number of hydrogen-bond acceptors (Lipinski definition) is 3. The molecule has 2 N–H and O–H groups in total. The second kappa shape index (κ2) is 3.46. The molecule has 1 rings (SSSR count). The molecular formula is C10H12N2O. The van der Waals surface area contributed by atoms with Crippen molar-refractivity contribution in [1.29, 1.82) is 5.26 Å². The van der Waals surface area contributed by atoms with Gasteiger partial charge in [0.05, 0.1) is 13.2 Å². The van der Waals surface area contributed by atoms with Gasteiger partial charge in [0.15, 0.2) is 0 Å². The molecule has 0 amide bonds. The van der Waals surface area contributed by atoms with Crippen molar-refractivity contribution in [2.75, 3.05) is 7.11 Å². The highest BCUT2D eigenvalue weighted by molar-refractivity contribution is 5.34. The van der Waals surface area contributed by atoms with Crippen molar-refractivity contribution in [2.24, 2.45) is 5.73 Å². The van der Waals surface area contributed by atoms with Crippen molar-refractivity contribution < 1.29 is 4.74 Å². The van der Waals surface area contributed by atoms with Gasteiger partial charge in [-0.15, -0.1) is 0 Å². The fourth-order valence-corrected chi connectivity index (χ4v) is 1.00. The molecule has 0 fully saturated rings. The summed E-state index contributed by atoms with van der Waals surface area (Å²) in [4.78, 5) is 0. The second-order valence-electron chi connectivity index (χ2n) is 3.04. The number of hydrogen-bond donors (Lipinski definition) is 1. The fraction of sp³-hybridized carbons (Fsp3) is 0.300. The van der Waals surface area contributed by atoms with Crippen LogP contribution in [0.1, 0.15) is 12.5 Å². The normalized spacial score (nSPS) is 14.3. The standard InChI is InChI=1S/C10H12N2O/c1-10(12,7-11)8-3-5-9(13-2)6-4-8/h3-6H,12H2,1-2H3/t10-/m0/s1. The first-order valence-corrected chi connectivity index (χ1v) is 3.95. The zero-order valence-electron chi connectivity index (χ0n) is 7.74. The van der Waals surface area contributed by atoms with Crippen molar-refractivity contribution in [2.45, 2.75) is 12.5 Å². The first kappa shape index (κ1) is 9.56. The Kier molecular flexibility index (Phi) is 2.54. The molecule has 3 nitrogen and oxygen atoms in total. The average Bonchev–Trinajstić information content (AvgIpc) is 2.18. The van der Waals surface area contributed by atoms with E-state index >= 15 is 0 Å². The first-order valence-electron chi connectivity index (χ1n) is 3.95. The van der Waals surface area contributed by atoms with E-state index in [2.05, 4.69) is 0 Å². The predicted octanol–water partition coefficient (Wildman–Crippen LogP) is 1.39. The number of benzene rings is 1. The van der Waals surface area contributed by atoms with Crippen LogP contribution in [0.5, 0.6) is 5.75 Å². The molecule has 0 aliphatic heterocycles. The largest absolute Gasteiger partial charge is 0.497 e. The van der Waals surface area contributed by atoms with Gasteiger partial charge >= 0.3 is 0 Å². The third kappa shape index (κ3) is 1.98. The molecule has 0 saturated heterocycles. The Morgan fingerprint density at radius 2 is 1.92 bits per heavy atom. The Hall–Kier alpha value is -1.53. The van der Waals surface area contributed by atoms with E-state index in [1.807, 2.05) is 6.07 Å². The van der Waals surface area contributed by atoms with E-state index in [9.17, 15) is 0 Å². The Labute approximate surface area is 77.7 Å². The smallest absolute Gasteiger partial charge is 0.126 e. The molecule has 0 heterocycles. The van der Waals surface area contributed by atoms with Crippen LogP contribution < -0.4 is 10.5 Å². The van der Waals surface area contributed by atoms with Gasteiger partial charge in [0.2, 0.25) is 0 Å². The lowest BCUT2D eigenvalue weighted by molar-refractivity contribution is 0.414. The maximum atomic E-state index is 8.77. The lowest BCUT2D eigenvalue weighted by atomic mass is 9.95. The van der Waals surface area contributed by atoms with Crippen molar-refractivity contribution >= 4 is 0 Å². The molecule has 1 aromatic carbocycles. The molecule has 1 atom stereocenters. The van der Waals surface area contributed by atoms with E-state index in [1.54, 1.807) is 38.3 Å². The number of nitrogens with zero attached hydrogens (tertiary/aromatic N) is 1. The zero-order chi connectivity index (χ0) is 9.90. The first-order chi connectivity index (χ1) is 6.10. The van der Waals surface area contributed by atoms with Gasteiger partial charge in [0.25, 0.3) is 0 Å². The molecule has 0 bridgehead atoms. The highest BCUT2D eigenvalue weighted by Crippen LogP contribution is 2.19. The van der Waals surface area contributed by atoms with E-state index in [0.717, 1.165) is 11.3 Å². The monoisotopic (exact) mass is 176 g/mol. The van der Waals surface area contributed by atoms with Crippen LogP contribution in [-0.2, 0) is 5.54 Å². The third-order valence-corrected chi connectivity index (χ3v) is 1.92. The fourth-order valence-electron chi connectivity index (χ4n) is 1.00. The van der Waals surface area contributed by atoms with Crippen LogP contribution in [0.2, 0.25) is 0 Å². The molecule has 68 valence electrons. The van der Waals surface area contributed by atoms with Crippen LogP contribution in [0, 0.1) is 11.3 Å². The number of methoxy groups -OCH3 is 1. The van der Waals surface area contributed by atoms with Crippen LogP contribution in [0.25, 0.3) is 0 Å². The molecule has 13 heavy (non-hydrogen) atoms. The van der Waals surface area contributed by atoms with Gasteiger partial charge in [-0.25, -0.2) is 0 Å². The van der Waals surface area contributed by atoms with Crippen molar-refractivity contribution in [1.82, 2.24) is 0 Å². The summed E-state index contributed by atoms with van der Waals surface area (Å²) < 4.78 is 4.99. The van der Waals surface area contributed by atoms with Crippen LogP contribution in [0.3, 0.4) is 0 Å². The molecule has 0 unspecified atom stereocenters. The summed E-state index contributed by atoms with van der Waals surface area (Å²) in [5.41, 5.74) is 5.59. The summed E-state index contributed by atoms with van der Waals surface area (Å²) >= 11 is 0. The van der Waals surface area contributed by atoms with Gasteiger partial charge in [-0.05, 0) is 24.6 Å². The zero-order valence-corrected chi connectivity index (χ0v) is 7.74. The number of ether oxygens (including phenoxy) is 1. The maximum absolute atomic E-state index is 8.77.